The Morgan fingerprint density at radius 1 is 1.12 bits per heavy atom. The number of ether oxygens (including phenoxy) is 1. The van der Waals surface area contributed by atoms with Gasteiger partial charge in [-0.1, -0.05) is 39.8 Å². The molecule has 0 saturated heterocycles. The molecule has 0 amide bonds. The first-order chi connectivity index (χ1) is 8.01. The van der Waals surface area contributed by atoms with Crippen molar-refractivity contribution in [3.63, 3.8) is 0 Å². The highest BCUT2D eigenvalue weighted by Crippen LogP contribution is 2.14. The maximum Gasteiger partial charge on any atom is 0.119 e. The lowest BCUT2D eigenvalue weighted by molar-refractivity contribution is 0.317. The topological polar surface area (TPSA) is 21.3 Å². The Hall–Kier alpha value is -1.02. The molecule has 0 heterocycles. The molecule has 0 fully saturated rings. The van der Waals surface area contributed by atoms with E-state index in [0.717, 1.165) is 31.9 Å². The van der Waals surface area contributed by atoms with Crippen molar-refractivity contribution in [3.05, 3.63) is 29.8 Å². The molecule has 0 radical (unpaired) electrons. The van der Waals surface area contributed by atoms with Crippen molar-refractivity contribution in [2.75, 3.05) is 13.2 Å². The molecule has 96 valence electrons. The molecule has 1 rings (SSSR count). The van der Waals surface area contributed by atoms with E-state index in [0.29, 0.717) is 5.41 Å². The summed E-state index contributed by atoms with van der Waals surface area (Å²) in [5.41, 5.74) is 1.64. The minimum absolute atomic E-state index is 0.337. The Kier molecular flexibility index (Phi) is 5.49. The van der Waals surface area contributed by atoms with E-state index in [1.807, 2.05) is 12.1 Å². The molecule has 0 bridgehead atoms. The third kappa shape index (κ3) is 6.32. The van der Waals surface area contributed by atoms with Crippen molar-refractivity contribution < 1.29 is 4.74 Å². The van der Waals surface area contributed by atoms with Gasteiger partial charge in [0, 0.05) is 13.1 Å². The van der Waals surface area contributed by atoms with Crippen molar-refractivity contribution in [3.8, 4) is 5.75 Å². The second-order valence-electron chi connectivity index (χ2n) is 5.66. The van der Waals surface area contributed by atoms with Gasteiger partial charge in [0.2, 0.25) is 0 Å². The number of benzene rings is 1. The monoisotopic (exact) mass is 235 g/mol. The minimum atomic E-state index is 0.337. The van der Waals surface area contributed by atoms with Gasteiger partial charge in [-0.15, -0.1) is 0 Å². The van der Waals surface area contributed by atoms with Gasteiger partial charge < -0.3 is 10.1 Å². The fraction of sp³-hybridized carbons (Fsp3) is 0.600. The zero-order valence-corrected chi connectivity index (χ0v) is 11.5. The Labute approximate surface area is 105 Å². The second-order valence-corrected chi connectivity index (χ2v) is 5.66. The van der Waals surface area contributed by atoms with Gasteiger partial charge in [0.15, 0.2) is 0 Å². The number of hydrogen-bond acceptors (Lipinski definition) is 2. The van der Waals surface area contributed by atoms with Crippen LogP contribution in [0.4, 0.5) is 0 Å². The molecule has 1 aromatic carbocycles. The van der Waals surface area contributed by atoms with Gasteiger partial charge >= 0.3 is 0 Å². The third-order valence-electron chi connectivity index (χ3n) is 2.38. The van der Waals surface area contributed by atoms with Crippen LogP contribution in [0.5, 0.6) is 5.75 Å². The van der Waals surface area contributed by atoms with E-state index in [1.54, 1.807) is 0 Å². The van der Waals surface area contributed by atoms with Crippen LogP contribution in [-0.4, -0.2) is 13.2 Å². The Morgan fingerprint density at radius 3 is 2.29 bits per heavy atom. The van der Waals surface area contributed by atoms with Crippen LogP contribution in [0, 0.1) is 5.41 Å². The van der Waals surface area contributed by atoms with Crippen LogP contribution in [0.2, 0.25) is 0 Å². The molecule has 17 heavy (non-hydrogen) atoms. The van der Waals surface area contributed by atoms with Gasteiger partial charge in [0.05, 0.1) is 6.61 Å². The predicted octanol–water partition coefficient (Wildman–Crippen LogP) is 3.61. The van der Waals surface area contributed by atoms with Gasteiger partial charge in [-0.2, -0.15) is 0 Å². The van der Waals surface area contributed by atoms with Gasteiger partial charge in [-0.3, -0.25) is 0 Å². The Balaban J connectivity index is 2.35. The SMILES string of the molecule is CCCOc1ccc(CNCC(C)(C)C)cc1. The highest BCUT2D eigenvalue weighted by molar-refractivity contribution is 5.27. The van der Waals surface area contributed by atoms with Gasteiger partial charge in [-0.05, 0) is 29.5 Å². The smallest absolute Gasteiger partial charge is 0.119 e. The molecule has 0 aromatic heterocycles. The lowest BCUT2D eigenvalue weighted by Gasteiger charge is -2.18. The van der Waals surface area contributed by atoms with E-state index in [-0.39, 0.29) is 0 Å². The highest BCUT2D eigenvalue weighted by atomic mass is 16.5. The first kappa shape index (κ1) is 14.0. The van der Waals surface area contributed by atoms with Crippen LogP contribution < -0.4 is 10.1 Å². The zero-order chi connectivity index (χ0) is 12.7. The molecule has 1 N–H and O–H groups in total. The number of hydrogen-bond donors (Lipinski definition) is 1. The maximum absolute atomic E-state index is 5.55. The molecule has 0 atom stereocenters. The van der Waals surface area contributed by atoms with Crippen LogP contribution in [0.3, 0.4) is 0 Å². The van der Waals surface area contributed by atoms with Crippen LogP contribution in [0.1, 0.15) is 39.7 Å². The fourth-order valence-electron chi connectivity index (χ4n) is 1.51. The minimum Gasteiger partial charge on any atom is -0.494 e. The number of nitrogens with one attached hydrogen (secondary N) is 1. The zero-order valence-electron chi connectivity index (χ0n) is 11.5. The van der Waals surface area contributed by atoms with E-state index in [9.17, 15) is 0 Å². The van der Waals surface area contributed by atoms with Crippen molar-refractivity contribution in [2.45, 2.75) is 40.7 Å². The lowest BCUT2D eigenvalue weighted by atomic mass is 9.97. The molecular formula is C15H25NO. The first-order valence-electron chi connectivity index (χ1n) is 6.44. The molecule has 0 spiro atoms. The second kappa shape index (κ2) is 6.65. The van der Waals surface area contributed by atoms with E-state index < -0.39 is 0 Å². The Morgan fingerprint density at radius 2 is 1.76 bits per heavy atom. The molecule has 0 unspecified atom stereocenters. The van der Waals surface area contributed by atoms with Crippen LogP contribution in [0.25, 0.3) is 0 Å². The van der Waals surface area contributed by atoms with Crippen molar-refractivity contribution in [1.29, 1.82) is 0 Å². The molecule has 0 aliphatic heterocycles. The largest absolute Gasteiger partial charge is 0.494 e. The molecule has 2 heteroatoms. The molecule has 1 aromatic rings. The normalized spacial score (nSPS) is 11.5. The summed E-state index contributed by atoms with van der Waals surface area (Å²) < 4.78 is 5.55. The van der Waals surface area contributed by atoms with E-state index in [2.05, 4.69) is 45.1 Å². The average Bonchev–Trinajstić information content (AvgIpc) is 2.26. The van der Waals surface area contributed by atoms with Crippen LogP contribution in [-0.2, 0) is 6.54 Å². The molecule has 0 saturated carbocycles. The first-order valence-corrected chi connectivity index (χ1v) is 6.44. The lowest BCUT2D eigenvalue weighted by Crippen LogP contribution is -2.26. The quantitative estimate of drug-likeness (QED) is 0.813. The summed E-state index contributed by atoms with van der Waals surface area (Å²) >= 11 is 0. The van der Waals surface area contributed by atoms with E-state index in [1.165, 1.54) is 5.56 Å². The van der Waals surface area contributed by atoms with E-state index >= 15 is 0 Å². The Bertz CT molecular complexity index is 311. The molecule has 2 nitrogen and oxygen atoms in total. The predicted molar refractivity (Wildman–Crippen MR) is 73.4 cm³/mol. The van der Waals surface area contributed by atoms with Crippen LogP contribution >= 0.6 is 0 Å². The van der Waals surface area contributed by atoms with Crippen molar-refractivity contribution >= 4 is 0 Å². The summed E-state index contributed by atoms with van der Waals surface area (Å²) in [6, 6.07) is 8.34. The summed E-state index contributed by atoms with van der Waals surface area (Å²) in [4.78, 5) is 0. The summed E-state index contributed by atoms with van der Waals surface area (Å²) in [6.45, 7) is 11.6. The molecule has 0 aliphatic carbocycles. The van der Waals surface area contributed by atoms with Crippen molar-refractivity contribution in [2.24, 2.45) is 5.41 Å². The van der Waals surface area contributed by atoms with Gasteiger partial charge in [0.1, 0.15) is 5.75 Å². The third-order valence-corrected chi connectivity index (χ3v) is 2.38. The fourth-order valence-corrected chi connectivity index (χ4v) is 1.51. The molecular weight excluding hydrogens is 210 g/mol. The summed E-state index contributed by atoms with van der Waals surface area (Å²) in [5.74, 6) is 0.964. The summed E-state index contributed by atoms with van der Waals surface area (Å²) in [6.07, 6.45) is 1.05. The van der Waals surface area contributed by atoms with Gasteiger partial charge in [0.25, 0.3) is 0 Å². The van der Waals surface area contributed by atoms with Crippen molar-refractivity contribution in [1.82, 2.24) is 5.32 Å². The van der Waals surface area contributed by atoms with Gasteiger partial charge in [-0.25, -0.2) is 0 Å². The summed E-state index contributed by atoms with van der Waals surface area (Å²) in [7, 11) is 0. The number of rotatable bonds is 6. The standard InChI is InChI=1S/C15H25NO/c1-5-10-17-14-8-6-13(7-9-14)11-16-12-15(2,3)4/h6-9,16H,5,10-12H2,1-4H3. The highest BCUT2D eigenvalue weighted by Gasteiger charge is 2.08. The maximum atomic E-state index is 5.55. The average molecular weight is 235 g/mol. The van der Waals surface area contributed by atoms with E-state index in [4.69, 9.17) is 4.74 Å². The molecule has 0 aliphatic rings. The van der Waals surface area contributed by atoms with Crippen LogP contribution in [0.15, 0.2) is 24.3 Å². The summed E-state index contributed by atoms with van der Waals surface area (Å²) in [5, 5.41) is 3.46.